The molecular formula is C12H14ClN3O3S. The molecule has 1 aromatic heterocycles. The molecule has 0 radical (unpaired) electrons. The number of halogens is 1. The monoisotopic (exact) mass is 315 g/mol. The third kappa shape index (κ3) is 3.23. The highest BCUT2D eigenvalue weighted by Crippen LogP contribution is 2.32. The summed E-state index contributed by atoms with van der Waals surface area (Å²) in [6.45, 7) is 1.55. The Morgan fingerprint density at radius 3 is 2.80 bits per heavy atom. The molecule has 1 heterocycles. The zero-order valence-corrected chi connectivity index (χ0v) is 12.5. The number of anilines is 1. The molecule has 0 aliphatic carbocycles. The maximum absolute atomic E-state index is 11.5. The highest BCUT2D eigenvalue weighted by molar-refractivity contribution is 7.92. The number of hydrogen-bond acceptors (Lipinski definition) is 4. The minimum absolute atomic E-state index is 0.0182. The van der Waals surface area contributed by atoms with Crippen LogP contribution in [0.2, 0.25) is 5.02 Å². The SMILES string of the molecule is CCS(=O)(=O)Nc1cc(-c2cc(Cl)ccc2OC)[nH]n1. The maximum Gasteiger partial charge on any atom is 0.233 e. The van der Waals surface area contributed by atoms with E-state index in [1.54, 1.807) is 38.3 Å². The molecule has 0 bridgehead atoms. The summed E-state index contributed by atoms with van der Waals surface area (Å²) in [6.07, 6.45) is 0. The van der Waals surface area contributed by atoms with E-state index in [1.165, 1.54) is 0 Å². The fourth-order valence-corrected chi connectivity index (χ4v) is 2.37. The number of H-pyrrole nitrogens is 1. The van der Waals surface area contributed by atoms with Gasteiger partial charge in [-0.1, -0.05) is 11.6 Å². The average Bonchev–Trinajstić information content (AvgIpc) is 2.86. The van der Waals surface area contributed by atoms with Crippen LogP contribution in [0.1, 0.15) is 6.92 Å². The molecule has 0 saturated heterocycles. The van der Waals surface area contributed by atoms with E-state index in [9.17, 15) is 8.42 Å². The second-order valence-electron chi connectivity index (χ2n) is 4.02. The number of ether oxygens (including phenoxy) is 1. The van der Waals surface area contributed by atoms with E-state index < -0.39 is 10.0 Å². The van der Waals surface area contributed by atoms with Crippen molar-refractivity contribution in [3.05, 3.63) is 29.3 Å². The molecule has 108 valence electrons. The minimum atomic E-state index is -3.36. The summed E-state index contributed by atoms with van der Waals surface area (Å²) in [7, 11) is -1.81. The quantitative estimate of drug-likeness (QED) is 0.888. The molecule has 0 fully saturated rings. The number of aromatic nitrogens is 2. The van der Waals surface area contributed by atoms with Crippen LogP contribution in [0.4, 0.5) is 5.82 Å². The molecule has 0 saturated carbocycles. The predicted octanol–water partition coefficient (Wildman–Crippen LogP) is 2.50. The first-order chi connectivity index (χ1) is 9.45. The molecular weight excluding hydrogens is 302 g/mol. The summed E-state index contributed by atoms with van der Waals surface area (Å²) in [4.78, 5) is 0. The van der Waals surface area contributed by atoms with Crippen LogP contribution in [-0.4, -0.2) is 31.5 Å². The Hall–Kier alpha value is -1.73. The molecule has 6 nitrogen and oxygen atoms in total. The van der Waals surface area contributed by atoms with Crippen molar-refractivity contribution >= 4 is 27.4 Å². The van der Waals surface area contributed by atoms with Crippen molar-refractivity contribution in [1.82, 2.24) is 10.2 Å². The second-order valence-corrected chi connectivity index (χ2v) is 6.46. The third-order valence-electron chi connectivity index (χ3n) is 2.67. The van der Waals surface area contributed by atoms with Gasteiger partial charge >= 0.3 is 0 Å². The number of aromatic amines is 1. The molecule has 1 aromatic carbocycles. The number of nitrogens with one attached hydrogen (secondary N) is 2. The van der Waals surface area contributed by atoms with Gasteiger partial charge in [0.15, 0.2) is 5.82 Å². The van der Waals surface area contributed by atoms with E-state index in [0.717, 1.165) is 0 Å². The van der Waals surface area contributed by atoms with Crippen LogP contribution in [0.25, 0.3) is 11.3 Å². The van der Waals surface area contributed by atoms with Crippen molar-refractivity contribution in [2.75, 3.05) is 17.6 Å². The van der Waals surface area contributed by atoms with Gasteiger partial charge in [0.1, 0.15) is 5.75 Å². The van der Waals surface area contributed by atoms with E-state index in [-0.39, 0.29) is 11.6 Å². The number of hydrogen-bond donors (Lipinski definition) is 2. The Morgan fingerprint density at radius 2 is 2.15 bits per heavy atom. The van der Waals surface area contributed by atoms with Gasteiger partial charge < -0.3 is 4.74 Å². The van der Waals surface area contributed by atoms with Crippen molar-refractivity contribution in [3.63, 3.8) is 0 Å². The van der Waals surface area contributed by atoms with Gasteiger partial charge in [-0.15, -0.1) is 0 Å². The summed E-state index contributed by atoms with van der Waals surface area (Å²) < 4.78 is 30.6. The van der Waals surface area contributed by atoms with Crippen LogP contribution >= 0.6 is 11.6 Å². The summed E-state index contributed by atoms with van der Waals surface area (Å²) in [5.41, 5.74) is 1.31. The number of benzene rings is 1. The lowest BCUT2D eigenvalue weighted by atomic mass is 10.1. The molecule has 0 aliphatic rings. The van der Waals surface area contributed by atoms with Crippen LogP contribution in [0.3, 0.4) is 0 Å². The average molecular weight is 316 g/mol. The van der Waals surface area contributed by atoms with Gasteiger partial charge in [0.25, 0.3) is 0 Å². The lowest BCUT2D eigenvalue weighted by Crippen LogP contribution is -2.14. The first-order valence-electron chi connectivity index (χ1n) is 5.85. The molecule has 0 amide bonds. The zero-order valence-electron chi connectivity index (χ0n) is 11.0. The van der Waals surface area contributed by atoms with Gasteiger partial charge in [-0.2, -0.15) is 5.10 Å². The summed E-state index contributed by atoms with van der Waals surface area (Å²) >= 11 is 5.96. The van der Waals surface area contributed by atoms with Gasteiger partial charge in [-0.3, -0.25) is 9.82 Å². The first-order valence-corrected chi connectivity index (χ1v) is 7.88. The van der Waals surface area contributed by atoms with E-state index in [1.807, 2.05) is 0 Å². The van der Waals surface area contributed by atoms with Crippen molar-refractivity contribution < 1.29 is 13.2 Å². The molecule has 0 atom stereocenters. The van der Waals surface area contributed by atoms with Gasteiger partial charge in [0.05, 0.1) is 18.6 Å². The predicted molar refractivity (Wildman–Crippen MR) is 78.7 cm³/mol. The summed E-state index contributed by atoms with van der Waals surface area (Å²) in [6, 6.07) is 6.74. The fraction of sp³-hybridized carbons (Fsp3) is 0.250. The highest BCUT2D eigenvalue weighted by atomic mass is 35.5. The van der Waals surface area contributed by atoms with Crippen molar-refractivity contribution in [2.24, 2.45) is 0 Å². The van der Waals surface area contributed by atoms with Crippen LogP contribution in [0.15, 0.2) is 24.3 Å². The Morgan fingerprint density at radius 1 is 1.40 bits per heavy atom. The Kier molecular flexibility index (Phi) is 4.20. The highest BCUT2D eigenvalue weighted by Gasteiger charge is 2.13. The Balaban J connectivity index is 2.36. The topological polar surface area (TPSA) is 84.1 Å². The number of methoxy groups -OCH3 is 1. The summed E-state index contributed by atoms with van der Waals surface area (Å²) in [5, 5.41) is 7.22. The zero-order chi connectivity index (χ0) is 14.8. The lowest BCUT2D eigenvalue weighted by Gasteiger charge is -2.06. The molecule has 2 N–H and O–H groups in total. The normalized spacial score (nSPS) is 11.3. The number of nitrogens with zero attached hydrogens (tertiary/aromatic N) is 1. The van der Waals surface area contributed by atoms with Gasteiger partial charge in [0, 0.05) is 16.7 Å². The molecule has 20 heavy (non-hydrogen) atoms. The number of rotatable bonds is 5. The van der Waals surface area contributed by atoms with Gasteiger partial charge in [-0.05, 0) is 25.1 Å². The van der Waals surface area contributed by atoms with Crippen molar-refractivity contribution in [2.45, 2.75) is 6.92 Å². The molecule has 2 rings (SSSR count). The number of sulfonamides is 1. The molecule has 8 heteroatoms. The smallest absolute Gasteiger partial charge is 0.233 e. The Labute approximate surface area is 122 Å². The minimum Gasteiger partial charge on any atom is -0.496 e. The van der Waals surface area contributed by atoms with Crippen molar-refractivity contribution in [1.29, 1.82) is 0 Å². The maximum atomic E-state index is 11.5. The van der Waals surface area contributed by atoms with Gasteiger partial charge in [0.2, 0.25) is 10.0 Å². The van der Waals surface area contributed by atoms with E-state index in [4.69, 9.17) is 16.3 Å². The molecule has 2 aromatic rings. The van der Waals surface area contributed by atoms with E-state index in [2.05, 4.69) is 14.9 Å². The molecule has 0 spiro atoms. The summed E-state index contributed by atoms with van der Waals surface area (Å²) in [5.74, 6) is 0.821. The van der Waals surface area contributed by atoms with E-state index >= 15 is 0 Å². The first kappa shape index (κ1) is 14.7. The third-order valence-corrected chi connectivity index (χ3v) is 4.18. The van der Waals surface area contributed by atoms with Crippen LogP contribution < -0.4 is 9.46 Å². The van der Waals surface area contributed by atoms with Gasteiger partial charge in [-0.25, -0.2) is 8.42 Å². The standard InChI is InChI=1S/C12H14ClN3O3S/c1-3-20(17,18)16-12-7-10(14-15-12)9-6-8(13)4-5-11(9)19-2/h4-7H,3H2,1-2H3,(H2,14,15,16). The van der Waals surface area contributed by atoms with Crippen molar-refractivity contribution in [3.8, 4) is 17.0 Å². The second kappa shape index (κ2) is 5.72. The Bertz CT molecular complexity index is 712. The fourth-order valence-electron chi connectivity index (χ4n) is 1.63. The molecule has 0 aliphatic heterocycles. The van der Waals surface area contributed by atoms with Crippen LogP contribution in [-0.2, 0) is 10.0 Å². The largest absolute Gasteiger partial charge is 0.496 e. The van der Waals surface area contributed by atoms with Crippen LogP contribution in [0.5, 0.6) is 5.75 Å². The van der Waals surface area contributed by atoms with E-state index in [0.29, 0.717) is 22.0 Å². The molecule has 0 unspecified atom stereocenters. The lowest BCUT2D eigenvalue weighted by molar-refractivity contribution is 0.416. The van der Waals surface area contributed by atoms with Crippen LogP contribution in [0, 0.1) is 0 Å².